The number of hydrogen-bond acceptors (Lipinski definition) is 8. The highest BCUT2D eigenvalue weighted by molar-refractivity contribution is 7.99. The Bertz CT molecular complexity index is 1220. The maximum Gasteiger partial charge on any atom is 0.341 e. The van der Waals surface area contributed by atoms with Gasteiger partial charge in [-0.2, -0.15) is 0 Å². The molecule has 1 atom stereocenters. The highest BCUT2D eigenvalue weighted by Gasteiger charge is 2.29. The van der Waals surface area contributed by atoms with Gasteiger partial charge in [0.25, 0.3) is 0 Å². The van der Waals surface area contributed by atoms with E-state index in [4.69, 9.17) is 9.47 Å². The predicted octanol–water partition coefficient (Wildman–Crippen LogP) is 5.07. The van der Waals surface area contributed by atoms with E-state index < -0.39 is 5.97 Å². The van der Waals surface area contributed by atoms with E-state index in [1.807, 2.05) is 42.7 Å². The second kappa shape index (κ2) is 11.3. The molecular weight excluding hydrogens is 484 g/mol. The summed E-state index contributed by atoms with van der Waals surface area (Å²) in [4.78, 5) is 26.6. The highest BCUT2D eigenvalue weighted by Crippen LogP contribution is 2.40. The minimum atomic E-state index is -0.400. The Morgan fingerprint density at radius 3 is 2.80 bits per heavy atom. The number of benzene rings is 1. The molecule has 1 aliphatic rings. The first-order chi connectivity index (χ1) is 17.0. The molecule has 0 fully saturated rings. The predicted molar refractivity (Wildman–Crippen MR) is 139 cm³/mol. The fourth-order valence-electron chi connectivity index (χ4n) is 4.26. The molecule has 0 saturated carbocycles. The normalized spacial score (nSPS) is 14.9. The molecule has 35 heavy (non-hydrogen) atoms. The number of nitrogens with zero attached hydrogens (tertiary/aromatic N) is 3. The topological polar surface area (TPSA) is 95.3 Å². The fraction of sp³-hybridized carbons (Fsp3) is 0.440. The van der Waals surface area contributed by atoms with Crippen LogP contribution >= 0.6 is 23.1 Å². The fourth-order valence-corrected chi connectivity index (χ4v) is 6.48. The van der Waals surface area contributed by atoms with Crippen molar-refractivity contribution in [1.82, 2.24) is 14.8 Å². The quantitative estimate of drug-likeness (QED) is 0.315. The number of rotatable bonds is 9. The van der Waals surface area contributed by atoms with Crippen LogP contribution in [-0.4, -0.2) is 46.1 Å². The summed E-state index contributed by atoms with van der Waals surface area (Å²) in [6, 6.07) is 7.73. The van der Waals surface area contributed by atoms with Gasteiger partial charge in [0.1, 0.15) is 10.8 Å². The molecule has 0 aliphatic heterocycles. The molecule has 186 valence electrons. The van der Waals surface area contributed by atoms with E-state index in [-0.39, 0.29) is 11.7 Å². The van der Waals surface area contributed by atoms with Crippen molar-refractivity contribution in [3.05, 3.63) is 40.3 Å². The molecular formula is C25H30N4O4S2. The summed E-state index contributed by atoms with van der Waals surface area (Å²) in [5.41, 5.74) is 2.39. The first kappa shape index (κ1) is 25.2. The summed E-state index contributed by atoms with van der Waals surface area (Å²) in [6.45, 7) is 7.37. The van der Waals surface area contributed by atoms with Gasteiger partial charge in [-0.25, -0.2) is 4.79 Å². The number of anilines is 1. The van der Waals surface area contributed by atoms with Crippen LogP contribution in [0, 0.1) is 5.92 Å². The molecule has 1 amide bonds. The van der Waals surface area contributed by atoms with Gasteiger partial charge in [-0.1, -0.05) is 30.8 Å². The van der Waals surface area contributed by atoms with E-state index in [1.54, 1.807) is 0 Å². The summed E-state index contributed by atoms with van der Waals surface area (Å²) in [5.74, 6) is 1.56. The molecule has 10 heteroatoms. The van der Waals surface area contributed by atoms with Crippen molar-refractivity contribution < 1.29 is 19.1 Å². The van der Waals surface area contributed by atoms with Crippen LogP contribution in [0.5, 0.6) is 5.75 Å². The van der Waals surface area contributed by atoms with Crippen LogP contribution in [0.15, 0.2) is 29.4 Å². The number of carbonyl (C=O) groups excluding carboxylic acids is 2. The Hall–Kier alpha value is -2.85. The number of ether oxygens (including phenoxy) is 2. The van der Waals surface area contributed by atoms with Crippen LogP contribution in [0.25, 0.3) is 11.4 Å². The Morgan fingerprint density at radius 1 is 1.26 bits per heavy atom. The number of carbonyl (C=O) groups is 2. The second-order valence-corrected chi connectivity index (χ2v) is 10.4. The molecule has 1 unspecified atom stereocenters. The molecule has 4 rings (SSSR count). The molecule has 3 aromatic rings. The number of aromatic nitrogens is 3. The first-order valence-corrected chi connectivity index (χ1v) is 13.6. The molecule has 2 heterocycles. The Labute approximate surface area is 213 Å². The monoisotopic (exact) mass is 514 g/mol. The molecule has 1 N–H and O–H groups in total. The highest BCUT2D eigenvalue weighted by atomic mass is 32.2. The number of hydrogen-bond donors (Lipinski definition) is 1. The van der Waals surface area contributed by atoms with E-state index in [1.165, 1.54) is 30.2 Å². The van der Waals surface area contributed by atoms with Crippen molar-refractivity contribution in [3.8, 4) is 17.1 Å². The minimum Gasteiger partial charge on any atom is -0.493 e. The van der Waals surface area contributed by atoms with Gasteiger partial charge in [0.15, 0.2) is 11.0 Å². The molecule has 0 radical (unpaired) electrons. The summed E-state index contributed by atoms with van der Waals surface area (Å²) < 4.78 is 12.8. The van der Waals surface area contributed by atoms with Crippen molar-refractivity contribution >= 4 is 40.0 Å². The summed E-state index contributed by atoms with van der Waals surface area (Å²) in [7, 11) is 1.37. The second-order valence-electron chi connectivity index (χ2n) is 8.36. The van der Waals surface area contributed by atoms with Crippen LogP contribution in [0.3, 0.4) is 0 Å². The van der Waals surface area contributed by atoms with E-state index in [9.17, 15) is 9.59 Å². The molecule has 2 aromatic heterocycles. The third-order valence-electron chi connectivity index (χ3n) is 5.95. The van der Waals surface area contributed by atoms with E-state index >= 15 is 0 Å². The molecule has 0 bridgehead atoms. The lowest BCUT2D eigenvalue weighted by Gasteiger charge is -2.18. The standard InChI is InChI=1S/C25H30N4O4S2/c1-5-29-22(16-9-7-8-10-18(16)33-6-2)27-28-25(29)34-14-20(30)26-23-21(24(31)32-4)17-12-11-15(3)13-19(17)35-23/h7-10,15H,5-6,11-14H2,1-4H3,(H,26,30). The maximum absolute atomic E-state index is 12.9. The molecule has 1 aliphatic carbocycles. The zero-order valence-electron chi connectivity index (χ0n) is 20.4. The number of methoxy groups -OCH3 is 1. The maximum atomic E-state index is 12.9. The van der Waals surface area contributed by atoms with Gasteiger partial charge in [-0.3, -0.25) is 4.79 Å². The zero-order chi connectivity index (χ0) is 24.9. The molecule has 0 saturated heterocycles. The Kier molecular flexibility index (Phi) is 8.12. The number of thioether (sulfide) groups is 1. The van der Waals surface area contributed by atoms with E-state index in [0.29, 0.717) is 40.6 Å². The average molecular weight is 515 g/mol. The smallest absolute Gasteiger partial charge is 0.341 e. The van der Waals surface area contributed by atoms with Crippen molar-refractivity contribution in [1.29, 1.82) is 0 Å². The van der Waals surface area contributed by atoms with Gasteiger partial charge in [-0.05, 0) is 56.7 Å². The number of amides is 1. The zero-order valence-corrected chi connectivity index (χ0v) is 22.1. The van der Waals surface area contributed by atoms with Gasteiger partial charge in [0, 0.05) is 11.4 Å². The Morgan fingerprint density at radius 2 is 2.06 bits per heavy atom. The van der Waals surface area contributed by atoms with Crippen molar-refractivity contribution in [2.45, 2.75) is 51.7 Å². The van der Waals surface area contributed by atoms with Gasteiger partial charge in [-0.15, -0.1) is 21.5 Å². The van der Waals surface area contributed by atoms with Crippen LogP contribution in [0.2, 0.25) is 0 Å². The van der Waals surface area contributed by atoms with Crippen molar-refractivity contribution in [3.63, 3.8) is 0 Å². The summed E-state index contributed by atoms with van der Waals surface area (Å²) in [5, 5.41) is 12.9. The number of esters is 1. The molecule has 0 spiro atoms. The third kappa shape index (κ3) is 5.38. The van der Waals surface area contributed by atoms with Crippen LogP contribution in [-0.2, 0) is 28.9 Å². The van der Waals surface area contributed by atoms with Crippen LogP contribution in [0.1, 0.15) is 48.0 Å². The van der Waals surface area contributed by atoms with Crippen LogP contribution < -0.4 is 10.1 Å². The number of thiophene rings is 1. The number of fused-ring (bicyclic) bond motifs is 1. The van der Waals surface area contributed by atoms with E-state index in [2.05, 4.69) is 22.4 Å². The summed E-state index contributed by atoms with van der Waals surface area (Å²) in [6.07, 6.45) is 2.77. The summed E-state index contributed by atoms with van der Waals surface area (Å²) >= 11 is 2.80. The largest absolute Gasteiger partial charge is 0.493 e. The van der Waals surface area contributed by atoms with Crippen molar-refractivity contribution in [2.75, 3.05) is 24.8 Å². The van der Waals surface area contributed by atoms with Gasteiger partial charge in [0.2, 0.25) is 5.91 Å². The lowest BCUT2D eigenvalue weighted by atomic mass is 9.88. The van der Waals surface area contributed by atoms with Crippen LogP contribution in [0.4, 0.5) is 5.00 Å². The van der Waals surface area contributed by atoms with Gasteiger partial charge in [0.05, 0.1) is 30.6 Å². The van der Waals surface area contributed by atoms with E-state index in [0.717, 1.165) is 41.0 Å². The number of para-hydroxylation sites is 1. The Balaban J connectivity index is 1.50. The lowest BCUT2D eigenvalue weighted by molar-refractivity contribution is -0.113. The number of nitrogens with one attached hydrogen (secondary N) is 1. The minimum absolute atomic E-state index is 0.144. The molecule has 1 aromatic carbocycles. The lowest BCUT2D eigenvalue weighted by Crippen LogP contribution is -2.17. The molecule has 8 nitrogen and oxygen atoms in total. The average Bonchev–Trinajstić information content (AvgIpc) is 3.42. The third-order valence-corrected chi connectivity index (χ3v) is 8.08. The van der Waals surface area contributed by atoms with Gasteiger partial charge >= 0.3 is 5.97 Å². The van der Waals surface area contributed by atoms with Crippen molar-refractivity contribution in [2.24, 2.45) is 5.92 Å². The SMILES string of the molecule is CCOc1ccccc1-c1nnc(SCC(=O)Nc2sc3c(c2C(=O)OC)CCC(C)C3)n1CC. The van der Waals surface area contributed by atoms with Gasteiger partial charge < -0.3 is 19.4 Å². The first-order valence-electron chi connectivity index (χ1n) is 11.8.